The maximum atomic E-state index is 12.6. The van der Waals surface area contributed by atoms with Gasteiger partial charge in [-0.25, -0.2) is 13.4 Å². The Labute approximate surface area is 166 Å². The smallest absolute Gasteiger partial charge is 0.261 e. The third-order valence-electron chi connectivity index (χ3n) is 3.69. The second-order valence-electron chi connectivity index (χ2n) is 5.73. The number of aromatic amines is 1. The molecule has 0 spiro atoms. The highest BCUT2D eigenvalue weighted by atomic mass is 35.5. The normalized spacial score (nSPS) is 11.4. The zero-order valence-electron chi connectivity index (χ0n) is 14.2. The fourth-order valence-electron chi connectivity index (χ4n) is 2.45. The second kappa shape index (κ2) is 7.72. The van der Waals surface area contributed by atoms with Crippen molar-refractivity contribution in [3.8, 4) is 11.4 Å². The average molecular weight is 424 g/mol. The molecule has 0 aliphatic rings. The lowest BCUT2D eigenvalue weighted by Gasteiger charge is -2.10. The van der Waals surface area contributed by atoms with Crippen molar-refractivity contribution in [2.24, 2.45) is 0 Å². The van der Waals surface area contributed by atoms with E-state index in [1.54, 1.807) is 24.3 Å². The highest BCUT2D eigenvalue weighted by molar-refractivity contribution is 7.92. The Hall–Kier alpha value is -2.35. The number of aromatic nitrogens is 2. The van der Waals surface area contributed by atoms with Crippen LogP contribution in [0.2, 0.25) is 10.0 Å². The van der Waals surface area contributed by atoms with Crippen molar-refractivity contribution in [1.82, 2.24) is 9.97 Å². The molecule has 0 saturated carbocycles. The van der Waals surface area contributed by atoms with Gasteiger partial charge in [-0.15, -0.1) is 0 Å². The zero-order valence-corrected chi connectivity index (χ0v) is 16.5. The number of anilines is 1. The van der Waals surface area contributed by atoms with Gasteiger partial charge in [0.05, 0.1) is 4.90 Å². The maximum absolute atomic E-state index is 12.6. The van der Waals surface area contributed by atoms with Crippen molar-refractivity contribution >= 4 is 38.9 Å². The molecule has 2 N–H and O–H groups in total. The summed E-state index contributed by atoms with van der Waals surface area (Å²) < 4.78 is 27.7. The second-order valence-corrected chi connectivity index (χ2v) is 8.29. The van der Waals surface area contributed by atoms with Crippen molar-refractivity contribution in [1.29, 1.82) is 0 Å². The van der Waals surface area contributed by atoms with Crippen LogP contribution >= 0.6 is 23.2 Å². The molecule has 0 atom stereocenters. The lowest BCUT2D eigenvalue weighted by Crippen LogP contribution is -2.13. The number of nitrogens with one attached hydrogen (secondary N) is 2. The van der Waals surface area contributed by atoms with E-state index in [-0.39, 0.29) is 20.5 Å². The standard InChI is InChI=1S/C18H15Cl2N3O3S/c1-2-14-10-17(24)22-18(21-14)11-4-3-5-15(6-11)23-27(25,26)16-8-12(19)7-13(20)9-16/h3-10,23H,2H2,1H3,(H,21,22,24). The summed E-state index contributed by atoms with van der Waals surface area (Å²) in [5.41, 5.74) is 1.27. The third-order valence-corrected chi connectivity index (χ3v) is 5.49. The van der Waals surface area contributed by atoms with Gasteiger partial charge in [0.2, 0.25) is 0 Å². The number of sulfonamides is 1. The minimum Gasteiger partial charge on any atom is -0.307 e. The van der Waals surface area contributed by atoms with Gasteiger partial charge in [-0.05, 0) is 36.8 Å². The van der Waals surface area contributed by atoms with Gasteiger partial charge in [0, 0.05) is 33.1 Å². The van der Waals surface area contributed by atoms with Gasteiger partial charge in [-0.2, -0.15) is 0 Å². The van der Waals surface area contributed by atoms with Crippen LogP contribution in [0.3, 0.4) is 0 Å². The number of H-pyrrole nitrogens is 1. The first-order valence-corrected chi connectivity index (χ1v) is 10.2. The molecule has 27 heavy (non-hydrogen) atoms. The number of nitrogens with zero attached hydrogens (tertiary/aromatic N) is 1. The summed E-state index contributed by atoms with van der Waals surface area (Å²) in [6.07, 6.45) is 0.610. The molecule has 2 aromatic carbocycles. The molecule has 0 amide bonds. The topological polar surface area (TPSA) is 91.9 Å². The van der Waals surface area contributed by atoms with Gasteiger partial charge in [0.1, 0.15) is 5.82 Å². The molecule has 0 aliphatic carbocycles. The molecule has 1 aromatic heterocycles. The van der Waals surface area contributed by atoms with Gasteiger partial charge in [-0.1, -0.05) is 42.3 Å². The lowest BCUT2D eigenvalue weighted by atomic mass is 10.2. The van der Waals surface area contributed by atoms with E-state index in [0.717, 1.165) is 0 Å². The van der Waals surface area contributed by atoms with Gasteiger partial charge >= 0.3 is 0 Å². The van der Waals surface area contributed by atoms with Crippen LogP contribution in [0, 0.1) is 0 Å². The van der Waals surface area contributed by atoms with Crippen LogP contribution < -0.4 is 10.3 Å². The summed E-state index contributed by atoms with van der Waals surface area (Å²) in [7, 11) is -3.89. The Kier molecular flexibility index (Phi) is 5.55. The van der Waals surface area contributed by atoms with Crippen molar-refractivity contribution in [3.63, 3.8) is 0 Å². The quantitative estimate of drug-likeness (QED) is 0.645. The van der Waals surface area contributed by atoms with Gasteiger partial charge < -0.3 is 4.98 Å². The Morgan fingerprint density at radius 2 is 1.78 bits per heavy atom. The first kappa shape index (κ1) is 19.4. The highest BCUT2D eigenvalue weighted by Crippen LogP contribution is 2.25. The molecule has 3 aromatic rings. The van der Waals surface area contributed by atoms with Gasteiger partial charge in [-0.3, -0.25) is 9.52 Å². The van der Waals surface area contributed by atoms with E-state index in [4.69, 9.17) is 23.2 Å². The van der Waals surface area contributed by atoms with E-state index < -0.39 is 10.0 Å². The van der Waals surface area contributed by atoms with E-state index in [1.807, 2.05) is 6.92 Å². The molecule has 140 valence electrons. The summed E-state index contributed by atoms with van der Waals surface area (Å²) in [4.78, 5) is 18.8. The molecule has 0 fully saturated rings. The zero-order chi connectivity index (χ0) is 19.6. The molecule has 9 heteroatoms. The van der Waals surface area contributed by atoms with E-state index in [2.05, 4.69) is 14.7 Å². The molecule has 0 bridgehead atoms. The van der Waals surface area contributed by atoms with Crippen molar-refractivity contribution in [2.75, 3.05) is 4.72 Å². The van der Waals surface area contributed by atoms with Crippen molar-refractivity contribution < 1.29 is 8.42 Å². The van der Waals surface area contributed by atoms with Crippen LogP contribution in [0.25, 0.3) is 11.4 Å². The summed E-state index contributed by atoms with van der Waals surface area (Å²) in [6, 6.07) is 12.1. The predicted molar refractivity (Wildman–Crippen MR) is 107 cm³/mol. The van der Waals surface area contributed by atoms with Gasteiger partial charge in [0.25, 0.3) is 15.6 Å². The third kappa shape index (κ3) is 4.68. The highest BCUT2D eigenvalue weighted by Gasteiger charge is 2.16. The van der Waals surface area contributed by atoms with Crippen LogP contribution in [0.4, 0.5) is 5.69 Å². The molecule has 0 aliphatic heterocycles. The average Bonchev–Trinajstić information content (AvgIpc) is 2.60. The van der Waals surface area contributed by atoms with E-state index >= 15 is 0 Å². The predicted octanol–water partition coefficient (Wildman–Crippen LogP) is 4.11. The number of halogens is 2. The fourth-order valence-corrected chi connectivity index (χ4v) is 4.23. The van der Waals surface area contributed by atoms with Gasteiger partial charge in [0.15, 0.2) is 0 Å². The summed E-state index contributed by atoms with van der Waals surface area (Å²) in [5.74, 6) is 0.367. The molecule has 6 nitrogen and oxygen atoms in total. The SMILES string of the molecule is CCc1cc(=O)[nH]c(-c2cccc(NS(=O)(=O)c3cc(Cl)cc(Cl)c3)c2)n1. The Balaban J connectivity index is 1.96. The number of aryl methyl sites for hydroxylation is 1. The molecule has 0 radical (unpaired) electrons. The minimum atomic E-state index is -3.89. The van der Waals surface area contributed by atoms with Crippen LogP contribution in [-0.2, 0) is 16.4 Å². The molecule has 0 saturated heterocycles. The van der Waals surface area contributed by atoms with Crippen molar-refractivity contribution in [3.05, 3.63) is 74.6 Å². The number of hydrogen-bond donors (Lipinski definition) is 2. The molecular formula is C18H15Cl2N3O3S. The molecule has 0 unspecified atom stereocenters. The lowest BCUT2D eigenvalue weighted by molar-refractivity contribution is 0.601. The number of rotatable bonds is 5. The largest absolute Gasteiger partial charge is 0.307 e. The molecule has 3 rings (SSSR count). The maximum Gasteiger partial charge on any atom is 0.261 e. The van der Waals surface area contributed by atoms with Crippen molar-refractivity contribution in [2.45, 2.75) is 18.2 Å². The van der Waals surface area contributed by atoms with Crippen LogP contribution in [-0.4, -0.2) is 18.4 Å². The number of hydrogen-bond acceptors (Lipinski definition) is 4. The minimum absolute atomic E-state index is 0.0510. The first-order valence-electron chi connectivity index (χ1n) is 7.96. The van der Waals surface area contributed by atoms with Crippen LogP contribution in [0.1, 0.15) is 12.6 Å². The molecule has 1 heterocycles. The summed E-state index contributed by atoms with van der Waals surface area (Å²) in [5, 5.41) is 0.435. The van der Waals surface area contributed by atoms with E-state index in [0.29, 0.717) is 29.2 Å². The monoisotopic (exact) mass is 423 g/mol. The Morgan fingerprint density at radius 1 is 1.07 bits per heavy atom. The number of benzene rings is 2. The first-order chi connectivity index (χ1) is 12.8. The Morgan fingerprint density at radius 3 is 2.44 bits per heavy atom. The van der Waals surface area contributed by atoms with E-state index in [9.17, 15) is 13.2 Å². The molecular weight excluding hydrogens is 409 g/mol. The summed E-state index contributed by atoms with van der Waals surface area (Å²) in [6.45, 7) is 1.90. The van der Waals surface area contributed by atoms with Crippen LogP contribution in [0.15, 0.2) is 58.2 Å². The summed E-state index contributed by atoms with van der Waals surface area (Å²) >= 11 is 11.8. The van der Waals surface area contributed by atoms with E-state index in [1.165, 1.54) is 24.3 Å². The Bertz CT molecular complexity index is 1140. The fraction of sp³-hybridized carbons (Fsp3) is 0.111. The van der Waals surface area contributed by atoms with Crippen LogP contribution in [0.5, 0.6) is 0 Å².